The molecular weight excluding hydrogens is 396 g/mol. The van der Waals surface area contributed by atoms with E-state index < -0.39 is 11.8 Å². The SMILES string of the molecule is CCN(CC)C(=O)C(=O)N/N=C\c1cc(C)n(-c2ccc(Br)cc2)c1C. The number of carbonyl (C=O) groups is 2. The maximum absolute atomic E-state index is 11.9. The molecule has 0 atom stereocenters. The van der Waals surface area contributed by atoms with Crippen LogP contribution >= 0.6 is 15.9 Å². The molecule has 0 aliphatic heterocycles. The Morgan fingerprint density at radius 2 is 1.81 bits per heavy atom. The van der Waals surface area contributed by atoms with Crippen molar-refractivity contribution in [2.45, 2.75) is 27.7 Å². The third-order valence-electron chi connectivity index (χ3n) is 4.17. The minimum atomic E-state index is -0.730. The van der Waals surface area contributed by atoms with E-state index in [0.717, 1.165) is 27.1 Å². The lowest BCUT2D eigenvalue weighted by molar-refractivity contribution is -0.145. The van der Waals surface area contributed by atoms with Gasteiger partial charge in [0.15, 0.2) is 0 Å². The molecule has 7 heteroatoms. The largest absolute Gasteiger partial charge is 0.335 e. The summed E-state index contributed by atoms with van der Waals surface area (Å²) in [6, 6.07) is 10.0. The number of hydrazone groups is 1. The van der Waals surface area contributed by atoms with Crippen molar-refractivity contribution < 1.29 is 9.59 Å². The third-order valence-corrected chi connectivity index (χ3v) is 4.70. The van der Waals surface area contributed by atoms with E-state index in [-0.39, 0.29) is 0 Å². The average Bonchev–Trinajstić information content (AvgIpc) is 2.90. The van der Waals surface area contributed by atoms with Gasteiger partial charge in [0.2, 0.25) is 0 Å². The summed E-state index contributed by atoms with van der Waals surface area (Å²) in [5.74, 6) is -1.31. The number of aromatic nitrogens is 1. The van der Waals surface area contributed by atoms with Gasteiger partial charge in [-0.1, -0.05) is 15.9 Å². The summed E-state index contributed by atoms with van der Waals surface area (Å²) in [5, 5.41) is 3.94. The second-order valence-corrected chi connectivity index (χ2v) is 6.73. The van der Waals surface area contributed by atoms with Crippen molar-refractivity contribution in [3.05, 3.63) is 51.8 Å². The minimum absolute atomic E-state index is 0.487. The first-order valence-electron chi connectivity index (χ1n) is 8.46. The van der Waals surface area contributed by atoms with Crippen LogP contribution in [0.25, 0.3) is 5.69 Å². The van der Waals surface area contributed by atoms with Crippen LogP contribution in [-0.2, 0) is 9.59 Å². The molecular formula is C19H23BrN4O2. The molecule has 2 amide bonds. The van der Waals surface area contributed by atoms with Crippen molar-refractivity contribution in [1.82, 2.24) is 14.9 Å². The highest BCUT2D eigenvalue weighted by molar-refractivity contribution is 9.10. The maximum atomic E-state index is 11.9. The van der Waals surface area contributed by atoms with E-state index in [1.165, 1.54) is 4.90 Å². The second kappa shape index (κ2) is 8.80. The molecule has 0 radical (unpaired) electrons. The first-order chi connectivity index (χ1) is 12.4. The molecule has 2 rings (SSSR count). The Kier molecular flexibility index (Phi) is 6.74. The third kappa shape index (κ3) is 4.40. The van der Waals surface area contributed by atoms with Crippen LogP contribution in [0.3, 0.4) is 0 Å². The van der Waals surface area contributed by atoms with E-state index in [1.54, 1.807) is 6.21 Å². The molecule has 1 aromatic carbocycles. The smallest absolute Gasteiger partial charge is 0.329 e. The van der Waals surface area contributed by atoms with E-state index in [2.05, 4.69) is 31.0 Å². The van der Waals surface area contributed by atoms with Crippen molar-refractivity contribution in [2.24, 2.45) is 5.10 Å². The van der Waals surface area contributed by atoms with Crippen LogP contribution in [-0.4, -0.2) is 40.6 Å². The van der Waals surface area contributed by atoms with E-state index in [9.17, 15) is 9.59 Å². The van der Waals surface area contributed by atoms with Gasteiger partial charge in [0.25, 0.3) is 0 Å². The summed E-state index contributed by atoms with van der Waals surface area (Å²) >= 11 is 3.44. The van der Waals surface area contributed by atoms with Gasteiger partial charge in [-0.3, -0.25) is 9.59 Å². The number of aryl methyl sites for hydroxylation is 1. The Morgan fingerprint density at radius 3 is 2.38 bits per heavy atom. The van der Waals surface area contributed by atoms with Gasteiger partial charge in [0.1, 0.15) is 0 Å². The molecule has 2 aromatic rings. The Bertz CT molecular complexity index is 821. The van der Waals surface area contributed by atoms with Crippen molar-refractivity contribution in [3.8, 4) is 5.69 Å². The summed E-state index contributed by atoms with van der Waals surface area (Å²) in [7, 11) is 0. The Balaban J connectivity index is 2.14. The van der Waals surface area contributed by atoms with Gasteiger partial charge in [0, 0.05) is 40.2 Å². The maximum Gasteiger partial charge on any atom is 0.329 e. The first kappa shape index (κ1) is 19.9. The van der Waals surface area contributed by atoms with Crippen molar-refractivity contribution in [1.29, 1.82) is 0 Å². The number of hydrogen-bond acceptors (Lipinski definition) is 3. The van der Waals surface area contributed by atoms with Gasteiger partial charge >= 0.3 is 11.8 Å². The van der Waals surface area contributed by atoms with Crippen LogP contribution in [0.1, 0.15) is 30.8 Å². The fraction of sp³-hybridized carbons (Fsp3) is 0.316. The number of amides is 2. The minimum Gasteiger partial charge on any atom is -0.335 e. The zero-order valence-electron chi connectivity index (χ0n) is 15.4. The second-order valence-electron chi connectivity index (χ2n) is 5.81. The summed E-state index contributed by atoms with van der Waals surface area (Å²) < 4.78 is 3.13. The Morgan fingerprint density at radius 1 is 1.19 bits per heavy atom. The zero-order valence-corrected chi connectivity index (χ0v) is 17.0. The molecule has 1 heterocycles. The first-order valence-corrected chi connectivity index (χ1v) is 9.25. The quantitative estimate of drug-likeness (QED) is 0.460. The molecule has 0 saturated heterocycles. The number of halogens is 1. The highest BCUT2D eigenvalue weighted by Crippen LogP contribution is 2.21. The van der Waals surface area contributed by atoms with Crippen molar-refractivity contribution in [3.63, 3.8) is 0 Å². The van der Waals surface area contributed by atoms with Crippen LogP contribution in [0.5, 0.6) is 0 Å². The van der Waals surface area contributed by atoms with Crippen LogP contribution in [0.4, 0.5) is 0 Å². The van der Waals surface area contributed by atoms with E-state index in [1.807, 2.05) is 58.0 Å². The molecule has 6 nitrogen and oxygen atoms in total. The van der Waals surface area contributed by atoms with Gasteiger partial charge in [-0.05, 0) is 58.0 Å². The van der Waals surface area contributed by atoms with E-state index >= 15 is 0 Å². The lowest BCUT2D eigenvalue weighted by atomic mass is 10.2. The Labute approximate surface area is 162 Å². The summed E-state index contributed by atoms with van der Waals surface area (Å²) in [6.07, 6.45) is 1.56. The lowest BCUT2D eigenvalue weighted by Crippen LogP contribution is -2.41. The van der Waals surface area contributed by atoms with Gasteiger partial charge < -0.3 is 9.47 Å². The molecule has 0 aliphatic carbocycles. The number of benzene rings is 1. The number of nitrogens with one attached hydrogen (secondary N) is 1. The van der Waals surface area contributed by atoms with Crippen LogP contribution in [0.15, 0.2) is 39.9 Å². The predicted octanol–water partition coefficient (Wildman–Crippen LogP) is 3.18. The van der Waals surface area contributed by atoms with E-state index in [4.69, 9.17) is 0 Å². The van der Waals surface area contributed by atoms with Gasteiger partial charge in [-0.25, -0.2) is 5.43 Å². The van der Waals surface area contributed by atoms with Gasteiger partial charge in [0.05, 0.1) is 6.21 Å². The molecule has 1 aromatic heterocycles. The molecule has 0 unspecified atom stereocenters. The van der Waals surface area contributed by atoms with Crippen LogP contribution in [0, 0.1) is 13.8 Å². The predicted molar refractivity (Wildman–Crippen MR) is 107 cm³/mol. The number of rotatable bonds is 5. The van der Waals surface area contributed by atoms with Gasteiger partial charge in [-0.15, -0.1) is 0 Å². The Hall–Kier alpha value is -2.41. The molecule has 138 valence electrons. The summed E-state index contributed by atoms with van der Waals surface area (Å²) in [4.78, 5) is 25.2. The standard InChI is InChI=1S/C19H23BrN4O2/c1-5-23(6-2)19(26)18(25)22-21-12-15-11-13(3)24(14(15)4)17-9-7-16(20)8-10-17/h7-12H,5-6H2,1-4H3,(H,22,25)/b21-12-. The highest BCUT2D eigenvalue weighted by Gasteiger charge is 2.18. The fourth-order valence-electron chi connectivity index (χ4n) is 2.77. The molecule has 1 N–H and O–H groups in total. The van der Waals surface area contributed by atoms with Gasteiger partial charge in [-0.2, -0.15) is 5.10 Å². The molecule has 0 saturated carbocycles. The molecule has 26 heavy (non-hydrogen) atoms. The number of nitrogens with zero attached hydrogens (tertiary/aromatic N) is 3. The summed E-state index contributed by atoms with van der Waals surface area (Å²) in [6.45, 7) is 8.62. The topological polar surface area (TPSA) is 66.7 Å². The van der Waals surface area contributed by atoms with E-state index in [0.29, 0.717) is 13.1 Å². The van der Waals surface area contributed by atoms with Crippen molar-refractivity contribution >= 4 is 34.0 Å². The fourth-order valence-corrected chi connectivity index (χ4v) is 3.03. The molecule has 0 bridgehead atoms. The van der Waals surface area contributed by atoms with Crippen LogP contribution < -0.4 is 5.43 Å². The zero-order chi connectivity index (χ0) is 19.3. The van der Waals surface area contributed by atoms with Crippen molar-refractivity contribution in [2.75, 3.05) is 13.1 Å². The normalized spacial score (nSPS) is 11.0. The number of carbonyl (C=O) groups excluding carboxylic acids is 2. The molecule has 0 spiro atoms. The summed E-state index contributed by atoms with van der Waals surface area (Å²) in [5.41, 5.74) is 6.28. The molecule has 0 fully saturated rings. The molecule has 0 aliphatic rings. The highest BCUT2D eigenvalue weighted by atomic mass is 79.9. The average molecular weight is 419 g/mol. The lowest BCUT2D eigenvalue weighted by Gasteiger charge is -2.16. The van der Waals surface area contributed by atoms with Crippen LogP contribution in [0.2, 0.25) is 0 Å². The monoisotopic (exact) mass is 418 g/mol. The number of hydrogen-bond donors (Lipinski definition) is 1. The number of likely N-dealkylation sites (N-methyl/N-ethyl adjacent to an activating group) is 1.